The largest absolute Gasteiger partial charge is 0.353 e. The van der Waals surface area contributed by atoms with Gasteiger partial charge in [-0.2, -0.15) is 0 Å². The fourth-order valence-electron chi connectivity index (χ4n) is 3.68. The highest BCUT2D eigenvalue weighted by Gasteiger charge is 2.35. The minimum Gasteiger partial charge on any atom is -0.353 e. The minimum absolute atomic E-state index is 0.135. The summed E-state index contributed by atoms with van der Waals surface area (Å²) in [6.07, 6.45) is -0.140. The molecule has 2 fully saturated rings. The summed E-state index contributed by atoms with van der Waals surface area (Å²) < 4.78 is 13.0. The Labute approximate surface area is 170 Å². The fraction of sp³-hybridized carbons (Fsp3) is 0.550. The molecule has 29 heavy (non-hydrogen) atoms. The van der Waals surface area contributed by atoms with Crippen molar-refractivity contribution in [1.29, 1.82) is 0 Å². The SMILES string of the molecule is CCN1CCN(CC(=O)N2CCNC(=O)[C@H]2CC(=O)Nc2ccc(F)cc2)CC1. The van der Waals surface area contributed by atoms with Gasteiger partial charge in [-0.15, -0.1) is 0 Å². The molecule has 2 heterocycles. The molecule has 0 saturated carbocycles. The van der Waals surface area contributed by atoms with Gasteiger partial charge in [-0.3, -0.25) is 19.3 Å². The Morgan fingerprint density at radius 1 is 1.10 bits per heavy atom. The van der Waals surface area contributed by atoms with E-state index in [0.29, 0.717) is 18.8 Å². The smallest absolute Gasteiger partial charge is 0.243 e. The first kappa shape index (κ1) is 21.2. The Morgan fingerprint density at radius 2 is 1.76 bits per heavy atom. The summed E-state index contributed by atoms with van der Waals surface area (Å²) in [5.74, 6) is -1.25. The second kappa shape index (κ2) is 9.80. The van der Waals surface area contributed by atoms with Crippen molar-refractivity contribution in [3.8, 4) is 0 Å². The van der Waals surface area contributed by atoms with E-state index in [4.69, 9.17) is 0 Å². The number of likely N-dealkylation sites (N-methyl/N-ethyl adjacent to an activating group) is 1. The van der Waals surface area contributed by atoms with Crippen LogP contribution in [-0.2, 0) is 14.4 Å². The molecule has 9 heteroatoms. The third-order valence-corrected chi connectivity index (χ3v) is 5.43. The summed E-state index contributed by atoms with van der Waals surface area (Å²) in [7, 11) is 0. The normalized spacial score (nSPS) is 21.0. The third kappa shape index (κ3) is 5.74. The van der Waals surface area contributed by atoms with Crippen molar-refractivity contribution in [2.45, 2.75) is 19.4 Å². The molecule has 0 bridgehead atoms. The number of carbonyl (C=O) groups excluding carboxylic acids is 3. The number of anilines is 1. The van der Waals surface area contributed by atoms with Crippen molar-refractivity contribution in [3.63, 3.8) is 0 Å². The molecule has 2 aliphatic rings. The van der Waals surface area contributed by atoms with Gasteiger partial charge >= 0.3 is 0 Å². The molecule has 1 atom stereocenters. The van der Waals surface area contributed by atoms with Gasteiger partial charge in [-0.25, -0.2) is 4.39 Å². The van der Waals surface area contributed by atoms with E-state index in [2.05, 4.69) is 27.4 Å². The molecular weight excluding hydrogens is 377 g/mol. The van der Waals surface area contributed by atoms with E-state index in [0.717, 1.165) is 32.7 Å². The van der Waals surface area contributed by atoms with Crippen molar-refractivity contribution in [3.05, 3.63) is 30.1 Å². The molecule has 1 aromatic rings. The number of rotatable bonds is 6. The van der Waals surface area contributed by atoms with Gasteiger partial charge in [0.1, 0.15) is 11.9 Å². The number of piperazine rings is 2. The molecule has 2 N–H and O–H groups in total. The predicted octanol–water partition coefficient (Wildman–Crippen LogP) is 0.119. The lowest BCUT2D eigenvalue weighted by molar-refractivity contribution is -0.145. The Bertz CT molecular complexity index is 734. The molecule has 0 aliphatic carbocycles. The van der Waals surface area contributed by atoms with Gasteiger partial charge in [0.25, 0.3) is 0 Å². The number of carbonyl (C=O) groups is 3. The number of benzene rings is 1. The van der Waals surface area contributed by atoms with Gasteiger partial charge in [-0.05, 0) is 30.8 Å². The van der Waals surface area contributed by atoms with Crippen molar-refractivity contribution in [2.24, 2.45) is 0 Å². The second-order valence-corrected chi connectivity index (χ2v) is 7.36. The number of nitrogens with zero attached hydrogens (tertiary/aromatic N) is 3. The standard InChI is InChI=1S/C20H28FN5O3/c1-2-24-9-11-25(12-10-24)14-19(28)26-8-7-22-20(29)17(26)13-18(27)23-16-5-3-15(21)4-6-16/h3-6,17H,2,7-14H2,1H3,(H,22,29)(H,23,27)/t17-/m1/s1. The average Bonchev–Trinajstić information content (AvgIpc) is 2.71. The summed E-state index contributed by atoms with van der Waals surface area (Å²) in [5.41, 5.74) is 0.444. The Morgan fingerprint density at radius 3 is 2.41 bits per heavy atom. The first-order valence-corrected chi connectivity index (χ1v) is 10.0. The van der Waals surface area contributed by atoms with Crippen LogP contribution < -0.4 is 10.6 Å². The highest BCUT2D eigenvalue weighted by Crippen LogP contribution is 2.14. The minimum atomic E-state index is -0.839. The lowest BCUT2D eigenvalue weighted by atomic mass is 10.1. The van der Waals surface area contributed by atoms with Crippen LogP contribution >= 0.6 is 0 Å². The Balaban J connectivity index is 1.58. The molecule has 3 amide bonds. The highest BCUT2D eigenvalue weighted by molar-refractivity contribution is 5.97. The molecule has 0 aromatic heterocycles. The van der Waals surface area contributed by atoms with E-state index < -0.39 is 17.8 Å². The van der Waals surface area contributed by atoms with Crippen LogP contribution in [0.1, 0.15) is 13.3 Å². The summed E-state index contributed by atoms with van der Waals surface area (Å²) >= 11 is 0. The summed E-state index contributed by atoms with van der Waals surface area (Å²) in [5, 5.41) is 5.38. The predicted molar refractivity (Wildman–Crippen MR) is 107 cm³/mol. The van der Waals surface area contributed by atoms with Crippen LogP contribution in [-0.4, -0.2) is 90.8 Å². The van der Waals surface area contributed by atoms with Gasteiger partial charge in [-0.1, -0.05) is 6.92 Å². The van der Waals surface area contributed by atoms with Crippen LogP contribution in [0.5, 0.6) is 0 Å². The van der Waals surface area contributed by atoms with Crippen molar-refractivity contribution in [2.75, 3.05) is 57.7 Å². The average molecular weight is 405 g/mol. The zero-order chi connectivity index (χ0) is 20.8. The number of hydrogen-bond donors (Lipinski definition) is 2. The van der Waals surface area contributed by atoms with E-state index in [1.54, 1.807) is 0 Å². The lowest BCUT2D eigenvalue weighted by Crippen LogP contribution is -2.60. The van der Waals surface area contributed by atoms with Gasteiger partial charge < -0.3 is 20.4 Å². The summed E-state index contributed by atoms with van der Waals surface area (Å²) in [6, 6.07) is 4.56. The molecule has 3 rings (SSSR count). The van der Waals surface area contributed by atoms with Crippen molar-refractivity contribution in [1.82, 2.24) is 20.0 Å². The van der Waals surface area contributed by atoms with E-state index in [9.17, 15) is 18.8 Å². The molecule has 8 nitrogen and oxygen atoms in total. The third-order valence-electron chi connectivity index (χ3n) is 5.43. The van der Waals surface area contributed by atoms with Gasteiger partial charge in [0.2, 0.25) is 17.7 Å². The molecule has 158 valence electrons. The maximum atomic E-state index is 13.0. The van der Waals surface area contributed by atoms with Crippen LogP contribution in [0, 0.1) is 5.82 Å². The number of amides is 3. The highest BCUT2D eigenvalue weighted by atomic mass is 19.1. The van der Waals surface area contributed by atoms with E-state index in [1.165, 1.54) is 29.2 Å². The first-order chi connectivity index (χ1) is 14.0. The van der Waals surface area contributed by atoms with Gasteiger partial charge in [0, 0.05) is 45.0 Å². The quantitative estimate of drug-likeness (QED) is 0.702. The molecule has 2 aliphatic heterocycles. The maximum Gasteiger partial charge on any atom is 0.243 e. The molecule has 1 aromatic carbocycles. The molecule has 0 radical (unpaired) electrons. The number of hydrogen-bond acceptors (Lipinski definition) is 5. The number of halogens is 1. The zero-order valence-electron chi connectivity index (χ0n) is 16.7. The molecule has 0 unspecified atom stereocenters. The van der Waals surface area contributed by atoms with E-state index >= 15 is 0 Å². The van der Waals surface area contributed by atoms with Crippen molar-refractivity contribution >= 4 is 23.4 Å². The molecule has 2 saturated heterocycles. The fourth-order valence-corrected chi connectivity index (χ4v) is 3.68. The van der Waals surface area contributed by atoms with Crippen LogP contribution in [0.4, 0.5) is 10.1 Å². The summed E-state index contributed by atoms with van der Waals surface area (Å²) in [6.45, 7) is 7.61. The summed E-state index contributed by atoms with van der Waals surface area (Å²) in [4.78, 5) is 43.6. The zero-order valence-corrected chi connectivity index (χ0v) is 16.7. The number of nitrogens with one attached hydrogen (secondary N) is 2. The monoisotopic (exact) mass is 405 g/mol. The van der Waals surface area contributed by atoms with Crippen LogP contribution in [0.15, 0.2) is 24.3 Å². The Kier molecular flexibility index (Phi) is 7.16. The lowest BCUT2D eigenvalue weighted by Gasteiger charge is -2.38. The van der Waals surface area contributed by atoms with E-state index in [-0.39, 0.29) is 24.8 Å². The molecule has 0 spiro atoms. The second-order valence-electron chi connectivity index (χ2n) is 7.36. The van der Waals surface area contributed by atoms with E-state index in [1.807, 2.05) is 0 Å². The Hall–Kier alpha value is -2.52. The maximum absolute atomic E-state index is 13.0. The molecular formula is C20H28FN5O3. The topological polar surface area (TPSA) is 85.0 Å². The first-order valence-electron chi connectivity index (χ1n) is 10.0. The van der Waals surface area contributed by atoms with Crippen LogP contribution in [0.2, 0.25) is 0 Å². The van der Waals surface area contributed by atoms with Gasteiger partial charge in [0.05, 0.1) is 13.0 Å². The van der Waals surface area contributed by atoms with Crippen LogP contribution in [0.3, 0.4) is 0 Å². The van der Waals surface area contributed by atoms with Crippen LogP contribution in [0.25, 0.3) is 0 Å². The van der Waals surface area contributed by atoms with Crippen molar-refractivity contribution < 1.29 is 18.8 Å². The van der Waals surface area contributed by atoms with Gasteiger partial charge in [0.15, 0.2) is 0 Å².